The molecule has 3 aromatic heterocycles. The van der Waals surface area contributed by atoms with Crippen LogP contribution in [0.25, 0.3) is 11.2 Å². The zero-order valence-corrected chi connectivity index (χ0v) is 15.5. The predicted molar refractivity (Wildman–Crippen MR) is 108 cm³/mol. The molecular formula is C22H21N5O. The molecule has 0 bridgehead atoms. The van der Waals surface area contributed by atoms with Crippen molar-refractivity contribution in [1.82, 2.24) is 24.8 Å². The van der Waals surface area contributed by atoms with Gasteiger partial charge in [-0.15, -0.1) is 0 Å². The van der Waals surface area contributed by atoms with E-state index in [1.165, 1.54) is 5.56 Å². The molecule has 6 nitrogen and oxygen atoms in total. The van der Waals surface area contributed by atoms with Gasteiger partial charge >= 0.3 is 0 Å². The smallest absolute Gasteiger partial charge is 0.251 e. The van der Waals surface area contributed by atoms with Crippen LogP contribution in [0.5, 0.6) is 0 Å². The molecule has 3 heterocycles. The van der Waals surface area contributed by atoms with Crippen molar-refractivity contribution in [3.05, 3.63) is 90.1 Å². The quantitative estimate of drug-likeness (QED) is 0.542. The summed E-state index contributed by atoms with van der Waals surface area (Å²) in [6.45, 7) is 1.12. The maximum atomic E-state index is 12.3. The highest BCUT2D eigenvalue weighted by atomic mass is 16.1. The monoisotopic (exact) mass is 371 g/mol. The summed E-state index contributed by atoms with van der Waals surface area (Å²) >= 11 is 0. The van der Waals surface area contributed by atoms with Crippen LogP contribution in [0.2, 0.25) is 0 Å². The lowest BCUT2D eigenvalue weighted by molar-refractivity contribution is 0.0952. The Bertz CT molecular complexity index is 1060. The topological polar surface area (TPSA) is 72.7 Å². The molecule has 0 aliphatic rings. The van der Waals surface area contributed by atoms with Crippen molar-refractivity contribution in [2.24, 2.45) is 0 Å². The maximum Gasteiger partial charge on any atom is 0.251 e. The van der Waals surface area contributed by atoms with Crippen LogP contribution in [-0.2, 0) is 19.4 Å². The first-order valence-electron chi connectivity index (χ1n) is 9.33. The SMILES string of the molecule is O=C(NCCn1c(CCc2ccccc2)nc2cccnc21)c1ccncc1. The van der Waals surface area contributed by atoms with Gasteiger partial charge < -0.3 is 9.88 Å². The van der Waals surface area contributed by atoms with Gasteiger partial charge in [-0.1, -0.05) is 30.3 Å². The third-order valence-corrected chi connectivity index (χ3v) is 4.63. The minimum absolute atomic E-state index is 0.106. The predicted octanol–water partition coefficient (Wildman–Crippen LogP) is 3.04. The molecular weight excluding hydrogens is 350 g/mol. The lowest BCUT2D eigenvalue weighted by Crippen LogP contribution is -2.27. The molecule has 1 N–H and O–H groups in total. The molecule has 6 heteroatoms. The van der Waals surface area contributed by atoms with Crippen LogP contribution in [0.1, 0.15) is 21.7 Å². The van der Waals surface area contributed by atoms with Crippen LogP contribution < -0.4 is 5.32 Å². The first-order valence-corrected chi connectivity index (χ1v) is 9.33. The maximum absolute atomic E-state index is 12.3. The molecule has 28 heavy (non-hydrogen) atoms. The minimum atomic E-state index is -0.106. The molecule has 4 aromatic rings. The Morgan fingerprint density at radius 3 is 2.57 bits per heavy atom. The summed E-state index contributed by atoms with van der Waals surface area (Å²) in [5.74, 6) is 0.876. The van der Waals surface area contributed by atoms with Crippen molar-refractivity contribution in [1.29, 1.82) is 0 Å². The highest BCUT2D eigenvalue weighted by molar-refractivity contribution is 5.93. The first kappa shape index (κ1) is 17.9. The second kappa shape index (κ2) is 8.43. The molecule has 0 saturated carbocycles. The molecule has 0 aliphatic carbocycles. The molecule has 140 valence electrons. The third-order valence-electron chi connectivity index (χ3n) is 4.63. The Balaban J connectivity index is 1.48. The average molecular weight is 371 g/mol. The minimum Gasteiger partial charge on any atom is -0.350 e. The van der Waals surface area contributed by atoms with Crippen molar-refractivity contribution in [3.63, 3.8) is 0 Å². The van der Waals surface area contributed by atoms with E-state index in [4.69, 9.17) is 4.98 Å². The second-order valence-corrected chi connectivity index (χ2v) is 6.50. The molecule has 1 amide bonds. The Labute approximate surface area is 163 Å². The third kappa shape index (κ3) is 4.06. The van der Waals surface area contributed by atoms with Crippen molar-refractivity contribution in [2.75, 3.05) is 6.54 Å². The number of benzene rings is 1. The summed E-state index contributed by atoms with van der Waals surface area (Å²) in [6, 6.07) is 17.6. The fraction of sp³-hybridized carbons (Fsp3) is 0.182. The Kier molecular flexibility index (Phi) is 5.38. The van der Waals surface area contributed by atoms with Crippen molar-refractivity contribution >= 4 is 17.1 Å². The van der Waals surface area contributed by atoms with E-state index in [9.17, 15) is 4.79 Å². The van der Waals surface area contributed by atoms with E-state index < -0.39 is 0 Å². The van der Waals surface area contributed by atoms with Crippen molar-refractivity contribution < 1.29 is 4.79 Å². The van der Waals surface area contributed by atoms with Gasteiger partial charge in [0, 0.05) is 43.7 Å². The number of pyridine rings is 2. The fourth-order valence-corrected chi connectivity index (χ4v) is 3.22. The summed E-state index contributed by atoms with van der Waals surface area (Å²) in [4.78, 5) is 25.4. The Morgan fingerprint density at radius 2 is 1.75 bits per heavy atom. The molecule has 0 unspecified atom stereocenters. The number of carbonyl (C=O) groups is 1. The number of hydrogen-bond donors (Lipinski definition) is 1. The Hall–Kier alpha value is -3.54. The number of amides is 1. The summed E-state index contributed by atoms with van der Waals surface area (Å²) in [6.07, 6.45) is 6.73. The van der Waals surface area contributed by atoms with Crippen LogP contribution in [0.3, 0.4) is 0 Å². The number of imidazole rings is 1. The van der Waals surface area contributed by atoms with Gasteiger partial charge in [-0.2, -0.15) is 0 Å². The number of aryl methyl sites for hydroxylation is 2. The lowest BCUT2D eigenvalue weighted by atomic mass is 10.1. The van der Waals surface area contributed by atoms with Gasteiger partial charge in [-0.3, -0.25) is 9.78 Å². The fourth-order valence-electron chi connectivity index (χ4n) is 3.22. The van der Waals surface area contributed by atoms with E-state index >= 15 is 0 Å². The van der Waals surface area contributed by atoms with Gasteiger partial charge in [0.05, 0.1) is 0 Å². The summed E-state index contributed by atoms with van der Waals surface area (Å²) in [7, 11) is 0. The van der Waals surface area contributed by atoms with Gasteiger partial charge in [0.2, 0.25) is 0 Å². The largest absolute Gasteiger partial charge is 0.350 e. The van der Waals surface area contributed by atoms with Crippen LogP contribution in [0, 0.1) is 0 Å². The van der Waals surface area contributed by atoms with Crippen LogP contribution >= 0.6 is 0 Å². The molecule has 0 spiro atoms. The van der Waals surface area contributed by atoms with Crippen molar-refractivity contribution in [2.45, 2.75) is 19.4 Å². The van der Waals surface area contributed by atoms with Crippen molar-refractivity contribution in [3.8, 4) is 0 Å². The van der Waals surface area contributed by atoms with E-state index in [0.717, 1.165) is 29.8 Å². The van der Waals surface area contributed by atoms with Gasteiger partial charge in [-0.05, 0) is 36.2 Å². The number of hydrogen-bond acceptors (Lipinski definition) is 4. The average Bonchev–Trinajstić information content (AvgIpc) is 3.11. The van der Waals surface area contributed by atoms with Gasteiger partial charge in [0.25, 0.3) is 5.91 Å². The van der Waals surface area contributed by atoms with E-state index in [-0.39, 0.29) is 5.91 Å². The number of aromatic nitrogens is 4. The van der Waals surface area contributed by atoms with Crippen LogP contribution in [0.15, 0.2) is 73.2 Å². The highest BCUT2D eigenvalue weighted by Crippen LogP contribution is 2.15. The number of carbonyl (C=O) groups excluding carboxylic acids is 1. The molecule has 4 rings (SSSR count). The van der Waals surface area contributed by atoms with E-state index in [2.05, 4.69) is 44.1 Å². The molecule has 0 saturated heterocycles. The standard InChI is InChI=1S/C22H21N5O/c28-22(18-10-13-23-14-11-18)25-15-16-27-20(9-8-17-5-2-1-3-6-17)26-19-7-4-12-24-21(19)27/h1-7,10-14H,8-9,15-16H2,(H,25,28). The van der Waals surface area contributed by atoms with Gasteiger partial charge in [-0.25, -0.2) is 9.97 Å². The van der Waals surface area contributed by atoms with E-state index in [1.807, 2.05) is 18.2 Å². The van der Waals surface area contributed by atoms with E-state index in [1.54, 1.807) is 30.7 Å². The molecule has 0 atom stereocenters. The number of nitrogens with zero attached hydrogens (tertiary/aromatic N) is 4. The summed E-state index contributed by atoms with van der Waals surface area (Å²) < 4.78 is 2.10. The number of nitrogens with one attached hydrogen (secondary N) is 1. The van der Waals surface area contributed by atoms with Gasteiger partial charge in [0.1, 0.15) is 11.3 Å². The zero-order chi connectivity index (χ0) is 19.2. The number of rotatable bonds is 7. The number of fused-ring (bicyclic) bond motifs is 1. The lowest BCUT2D eigenvalue weighted by Gasteiger charge is -2.10. The van der Waals surface area contributed by atoms with Gasteiger partial charge in [0.15, 0.2) is 5.65 Å². The van der Waals surface area contributed by atoms with E-state index in [0.29, 0.717) is 18.7 Å². The van der Waals surface area contributed by atoms with Crippen LogP contribution in [0.4, 0.5) is 0 Å². The summed E-state index contributed by atoms with van der Waals surface area (Å²) in [5, 5.41) is 2.96. The molecule has 0 fully saturated rings. The molecule has 0 aliphatic heterocycles. The molecule has 1 aromatic carbocycles. The Morgan fingerprint density at radius 1 is 0.929 bits per heavy atom. The van der Waals surface area contributed by atoms with Crippen LogP contribution in [-0.4, -0.2) is 32.0 Å². The second-order valence-electron chi connectivity index (χ2n) is 6.50. The zero-order valence-electron chi connectivity index (χ0n) is 15.5. The first-order chi connectivity index (χ1) is 13.8. The normalized spacial score (nSPS) is 10.9. The summed E-state index contributed by atoms with van der Waals surface area (Å²) in [5.41, 5.74) is 3.61. The highest BCUT2D eigenvalue weighted by Gasteiger charge is 2.12. The molecule has 0 radical (unpaired) electrons.